The number of carbonyl (C=O) groups excluding carboxylic acids is 2. The molecule has 0 aliphatic carbocycles. The molecule has 0 aliphatic heterocycles. The number of rotatable bonds is 3. The van der Waals surface area contributed by atoms with E-state index in [1.165, 1.54) is 13.1 Å². The highest BCUT2D eigenvalue weighted by molar-refractivity contribution is 9.10. The van der Waals surface area contributed by atoms with Gasteiger partial charge in [0.15, 0.2) is 17.6 Å². The Morgan fingerprint density at radius 2 is 2.05 bits per heavy atom. The maximum atomic E-state index is 11.9. The topological polar surface area (TPSA) is 107 Å². The predicted octanol–water partition coefficient (Wildman–Crippen LogP) is 1.28. The number of nitrogens with two attached hydrogens (primary N) is 1. The standard InChI is InChI=1S/C12H17BrN4O3/c1-6(10(18)17-12(2,3)4)20-11(19)8-9(14)15-5-7(13)16-8/h5-6H,1-4H3,(H2,14,15)(H,17,18)/t6-/m0/s1. The molecule has 0 aliphatic rings. The average molecular weight is 345 g/mol. The van der Waals surface area contributed by atoms with Crippen LogP contribution in [0.5, 0.6) is 0 Å². The summed E-state index contributed by atoms with van der Waals surface area (Å²) in [4.78, 5) is 31.4. The molecule has 1 aromatic rings. The lowest BCUT2D eigenvalue weighted by atomic mass is 10.1. The number of halogens is 1. The van der Waals surface area contributed by atoms with Gasteiger partial charge in [-0.15, -0.1) is 0 Å². The van der Waals surface area contributed by atoms with E-state index in [1.807, 2.05) is 20.8 Å². The molecule has 0 radical (unpaired) electrons. The normalized spacial score (nSPS) is 12.7. The highest BCUT2D eigenvalue weighted by Gasteiger charge is 2.24. The molecule has 8 heteroatoms. The molecular formula is C12H17BrN4O3. The van der Waals surface area contributed by atoms with E-state index in [0.29, 0.717) is 4.60 Å². The van der Waals surface area contributed by atoms with Crippen LogP contribution in [-0.2, 0) is 9.53 Å². The van der Waals surface area contributed by atoms with Crippen molar-refractivity contribution in [3.63, 3.8) is 0 Å². The number of nitrogens with one attached hydrogen (secondary N) is 1. The van der Waals surface area contributed by atoms with Crippen LogP contribution in [0.15, 0.2) is 10.8 Å². The van der Waals surface area contributed by atoms with E-state index in [9.17, 15) is 9.59 Å². The predicted molar refractivity (Wildman–Crippen MR) is 76.9 cm³/mol. The Morgan fingerprint density at radius 3 is 2.60 bits per heavy atom. The molecule has 1 heterocycles. The van der Waals surface area contributed by atoms with Gasteiger partial charge in [0.1, 0.15) is 4.60 Å². The van der Waals surface area contributed by atoms with Crippen molar-refractivity contribution < 1.29 is 14.3 Å². The number of hydrogen-bond acceptors (Lipinski definition) is 6. The monoisotopic (exact) mass is 344 g/mol. The molecule has 0 fully saturated rings. The van der Waals surface area contributed by atoms with Crippen LogP contribution in [0.25, 0.3) is 0 Å². The third-order valence-corrected chi connectivity index (χ3v) is 2.50. The van der Waals surface area contributed by atoms with Gasteiger partial charge in [0.2, 0.25) is 0 Å². The average Bonchev–Trinajstić information content (AvgIpc) is 2.29. The zero-order valence-corrected chi connectivity index (χ0v) is 13.3. The van der Waals surface area contributed by atoms with Gasteiger partial charge in [0, 0.05) is 5.54 Å². The summed E-state index contributed by atoms with van der Waals surface area (Å²) in [5, 5.41) is 2.71. The van der Waals surface area contributed by atoms with Gasteiger partial charge in [-0.25, -0.2) is 14.8 Å². The van der Waals surface area contributed by atoms with Gasteiger partial charge in [0.05, 0.1) is 6.20 Å². The first kappa shape index (κ1) is 16.4. The minimum absolute atomic E-state index is 0.0540. The minimum Gasteiger partial charge on any atom is -0.448 e. The maximum Gasteiger partial charge on any atom is 0.361 e. The summed E-state index contributed by atoms with van der Waals surface area (Å²) < 4.78 is 5.38. The van der Waals surface area contributed by atoms with Crippen molar-refractivity contribution in [1.82, 2.24) is 15.3 Å². The molecule has 110 valence electrons. The number of carbonyl (C=O) groups is 2. The lowest BCUT2D eigenvalue weighted by Crippen LogP contribution is -2.46. The summed E-state index contributed by atoms with van der Waals surface area (Å²) in [6.07, 6.45) is 0.406. The smallest absolute Gasteiger partial charge is 0.361 e. The molecular weight excluding hydrogens is 328 g/mol. The van der Waals surface area contributed by atoms with Crippen LogP contribution in [0, 0.1) is 0 Å². The Labute approximate surface area is 125 Å². The second-order valence-electron chi connectivity index (χ2n) is 5.21. The Balaban J connectivity index is 2.75. The fourth-order valence-corrected chi connectivity index (χ4v) is 1.55. The van der Waals surface area contributed by atoms with Crippen LogP contribution < -0.4 is 11.1 Å². The SMILES string of the molecule is C[C@H](OC(=O)c1nc(Br)cnc1N)C(=O)NC(C)(C)C. The summed E-state index contributed by atoms with van der Waals surface area (Å²) in [6, 6.07) is 0. The number of hydrogen-bond donors (Lipinski definition) is 2. The number of nitrogen functional groups attached to an aromatic ring is 1. The van der Waals surface area contributed by atoms with Crippen molar-refractivity contribution in [3.8, 4) is 0 Å². The molecule has 0 saturated heterocycles. The largest absolute Gasteiger partial charge is 0.448 e. The first-order valence-electron chi connectivity index (χ1n) is 5.91. The number of anilines is 1. The number of aromatic nitrogens is 2. The summed E-state index contributed by atoms with van der Waals surface area (Å²) in [5.41, 5.74) is 5.01. The highest BCUT2D eigenvalue weighted by atomic mass is 79.9. The van der Waals surface area contributed by atoms with E-state index in [2.05, 4.69) is 31.2 Å². The molecule has 1 amide bonds. The van der Waals surface area contributed by atoms with Gasteiger partial charge < -0.3 is 15.8 Å². The van der Waals surface area contributed by atoms with Crippen molar-refractivity contribution >= 4 is 33.6 Å². The van der Waals surface area contributed by atoms with E-state index in [1.54, 1.807) is 0 Å². The molecule has 0 saturated carbocycles. The second-order valence-corrected chi connectivity index (χ2v) is 6.03. The van der Waals surface area contributed by atoms with E-state index in [4.69, 9.17) is 10.5 Å². The second kappa shape index (κ2) is 6.17. The van der Waals surface area contributed by atoms with Crippen LogP contribution >= 0.6 is 15.9 Å². The van der Waals surface area contributed by atoms with Crippen molar-refractivity contribution in [2.45, 2.75) is 39.3 Å². The van der Waals surface area contributed by atoms with Crippen LogP contribution in [0.3, 0.4) is 0 Å². The number of amides is 1. The lowest BCUT2D eigenvalue weighted by molar-refractivity contribution is -0.130. The van der Waals surface area contributed by atoms with Crippen LogP contribution in [0.1, 0.15) is 38.2 Å². The van der Waals surface area contributed by atoms with Gasteiger partial charge in [-0.1, -0.05) is 0 Å². The van der Waals surface area contributed by atoms with Gasteiger partial charge in [-0.05, 0) is 43.6 Å². The number of esters is 1. The van der Waals surface area contributed by atoms with Crippen LogP contribution in [-0.4, -0.2) is 33.5 Å². The van der Waals surface area contributed by atoms with Crippen molar-refractivity contribution in [1.29, 1.82) is 0 Å². The van der Waals surface area contributed by atoms with Crippen molar-refractivity contribution in [3.05, 3.63) is 16.5 Å². The summed E-state index contributed by atoms with van der Waals surface area (Å²) >= 11 is 3.08. The molecule has 0 unspecified atom stereocenters. The van der Waals surface area contributed by atoms with E-state index in [0.717, 1.165) is 0 Å². The van der Waals surface area contributed by atoms with Crippen molar-refractivity contribution in [2.24, 2.45) is 0 Å². The summed E-state index contributed by atoms with van der Waals surface area (Å²) in [7, 11) is 0. The molecule has 3 N–H and O–H groups in total. The van der Waals surface area contributed by atoms with Gasteiger partial charge in [0.25, 0.3) is 5.91 Å². The van der Waals surface area contributed by atoms with Gasteiger partial charge >= 0.3 is 5.97 Å². The van der Waals surface area contributed by atoms with Gasteiger partial charge in [-0.2, -0.15) is 0 Å². The number of nitrogens with zero attached hydrogens (tertiary/aromatic N) is 2. The number of ether oxygens (including phenoxy) is 1. The zero-order chi connectivity index (χ0) is 15.5. The molecule has 1 atom stereocenters. The molecule has 0 aromatic carbocycles. The van der Waals surface area contributed by atoms with E-state index >= 15 is 0 Å². The molecule has 1 rings (SSSR count). The molecule has 20 heavy (non-hydrogen) atoms. The van der Waals surface area contributed by atoms with Crippen molar-refractivity contribution in [2.75, 3.05) is 5.73 Å². The minimum atomic E-state index is -0.957. The Bertz CT molecular complexity index is 528. The third-order valence-electron chi connectivity index (χ3n) is 2.12. The fourth-order valence-electron chi connectivity index (χ4n) is 1.27. The fraction of sp³-hybridized carbons (Fsp3) is 0.500. The zero-order valence-electron chi connectivity index (χ0n) is 11.7. The van der Waals surface area contributed by atoms with Crippen LogP contribution in [0.2, 0.25) is 0 Å². The Hall–Kier alpha value is -1.70. The first-order chi connectivity index (χ1) is 9.10. The van der Waals surface area contributed by atoms with E-state index in [-0.39, 0.29) is 11.5 Å². The molecule has 7 nitrogen and oxygen atoms in total. The first-order valence-corrected chi connectivity index (χ1v) is 6.70. The molecule has 0 spiro atoms. The third kappa shape index (κ3) is 4.76. The molecule has 0 bridgehead atoms. The Kier molecular flexibility index (Phi) is 5.04. The highest BCUT2D eigenvalue weighted by Crippen LogP contribution is 2.13. The van der Waals surface area contributed by atoms with Gasteiger partial charge in [-0.3, -0.25) is 4.79 Å². The Morgan fingerprint density at radius 1 is 1.45 bits per heavy atom. The summed E-state index contributed by atoms with van der Waals surface area (Å²) in [6.45, 7) is 6.96. The lowest BCUT2D eigenvalue weighted by Gasteiger charge is -2.23. The quantitative estimate of drug-likeness (QED) is 0.799. The van der Waals surface area contributed by atoms with E-state index < -0.39 is 23.5 Å². The molecule has 1 aromatic heterocycles. The summed E-state index contributed by atoms with van der Waals surface area (Å²) in [5.74, 6) is -1.25. The maximum absolute atomic E-state index is 11.9. The van der Waals surface area contributed by atoms with Crippen LogP contribution in [0.4, 0.5) is 5.82 Å².